The molecule has 8 heteroatoms. The van der Waals surface area contributed by atoms with Crippen LogP contribution in [0.4, 0.5) is 10.8 Å². The molecular weight excluding hydrogens is 384 g/mol. The third-order valence-corrected chi connectivity index (χ3v) is 5.89. The predicted octanol–water partition coefficient (Wildman–Crippen LogP) is 3.81. The third kappa shape index (κ3) is 4.21. The number of hydrogen-bond acceptors (Lipinski definition) is 6. The van der Waals surface area contributed by atoms with Crippen LogP contribution in [0.2, 0.25) is 0 Å². The fraction of sp³-hybridized carbons (Fsp3) is 0.357. The van der Waals surface area contributed by atoms with Gasteiger partial charge in [-0.1, -0.05) is 51.5 Å². The van der Waals surface area contributed by atoms with Gasteiger partial charge in [0, 0.05) is 16.7 Å². The normalized spacial score (nSPS) is 18.6. The van der Waals surface area contributed by atoms with Crippen LogP contribution in [0.5, 0.6) is 0 Å². The zero-order valence-electron chi connectivity index (χ0n) is 11.7. The number of rotatable bonds is 4. The zero-order valence-corrected chi connectivity index (χ0v) is 14.9. The van der Waals surface area contributed by atoms with Crippen LogP contribution >= 0.6 is 39.0 Å². The van der Waals surface area contributed by atoms with Crippen molar-refractivity contribution < 1.29 is 4.79 Å². The number of halogens is 1. The Labute approximate surface area is 145 Å². The number of hydrogen-bond donors (Lipinski definition) is 2. The second-order valence-electron chi connectivity index (χ2n) is 4.90. The SMILES string of the molecule is O=C1NCCCCC1Sc1nnc(Nc2cccc(Br)c2)s1. The molecule has 0 aliphatic carbocycles. The van der Waals surface area contributed by atoms with Gasteiger partial charge < -0.3 is 10.6 Å². The van der Waals surface area contributed by atoms with Gasteiger partial charge in [0.05, 0.1) is 5.25 Å². The van der Waals surface area contributed by atoms with Crippen LogP contribution in [0.3, 0.4) is 0 Å². The van der Waals surface area contributed by atoms with Crippen molar-refractivity contribution in [3.8, 4) is 0 Å². The molecule has 1 aromatic carbocycles. The van der Waals surface area contributed by atoms with Crippen LogP contribution in [0.1, 0.15) is 19.3 Å². The van der Waals surface area contributed by atoms with E-state index >= 15 is 0 Å². The van der Waals surface area contributed by atoms with Crippen LogP contribution in [0, 0.1) is 0 Å². The first kappa shape index (κ1) is 15.8. The number of nitrogens with one attached hydrogen (secondary N) is 2. The largest absolute Gasteiger partial charge is 0.355 e. The van der Waals surface area contributed by atoms with E-state index in [1.165, 1.54) is 23.1 Å². The highest BCUT2D eigenvalue weighted by Crippen LogP contribution is 2.33. The second-order valence-corrected chi connectivity index (χ2v) is 8.24. The molecule has 2 aromatic rings. The fourth-order valence-electron chi connectivity index (χ4n) is 2.14. The zero-order chi connectivity index (χ0) is 15.4. The van der Waals surface area contributed by atoms with E-state index < -0.39 is 0 Å². The van der Waals surface area contributed by atoms with Gasteiger partial charge in [-0.05, 0) is 31.0 Å². The molecule has 0 bridgehead atoms. The van der Waals surface area contributed by atoms with Gasteiger partial charge in [-0.15, -0.1) is 10.2 Å². The van der Waals surface area contributed by atoms with E-state index in [9.17, 15) is 4.79 Å². The minimum absolute atomic E-state index is 0.0610. The van der Waals surface area contributed by atoms with E-state index in [1.54, 1.807) is 0 Å². The van der Waals surface area contributed by atoms with Crippen molar-refractivity contribution >= 4 is 55.8 Å². The Morgan fingerprint density at radius 1 is 1.36 bits per heavy atom. The summed E-state index contributed by atoms with van der Waals surface area (Å²) < 4.78 is 1.83. The summed E-state index contributed by atoms with van der Waals surface area (Å²) in [4.78, 5) is 12.0. The molecule has 1 aromatic heterocycles. The summed E-state index contributed by atoms with van der Waals surface area (Å²) in [6, 6.07) is 7.88. The number of nitrogens with zero attached hydrogens (tertiary/aromatic N) is 2. The Morgan fingerprint density at radius 3 is 3.14 bits per heavy atom. The molecule has 5 nitrogen and oxygen atoms in total. The minimum Gasteiger partial charge on any atom is -0.355 e. The highest BCUT2D eigenvalue weighted by molar-refractivity contribution is 9.10. The van der Waals surface area contributed by atoms with Crippen LogP contribution in [0.15, 0.2) is 33.1 Å². The number of anilines is 2. The van der Waals surface area contributed by atoms with Crippen molar-refractivity contribution in [2.75, 3.05) is 11.9 Å². The Hall–Kier alpha value is -1.12. The maximum atomic E-state index is 12.0. The van der Waals surface area contributed by atoms with Gasteiger partial charge in [0.25, 0.3) is 0 Å². The molecule has 1 saturated heterocycles. The van der Waals surface area contributed by atoms with Gasteiger partial charge in [0.1, 0.15) is 0 Å². The van der Waals surface area contributed by atoms with Gasteiger partial charge in [0.15, 0.2) is 4.34 Å². The van der Waals surface area contributed by atoms with E-state index in [4.69, 9.17) is 0 Å². The van der Waals surface area contributed by atoms with Crippen molar-refractivity contribution in [2.24, 2.45) is 0 Å². The standard InChI is InChI=1S/C14H15BrN4OS2/c15-9-4-3-5-10(8-9)17-13-18-19-14(22-13)21-11-6-1-2-7-16-12(11)20/h3-5,8,11H,1-2,6-7H2,(H,16,20)(H,17,18). The number of aromatic nitrogens is 2. The lowest BCUT2D eigenvalue weighted by atomic mass is 10.2. The highest BCUT2D eigenvalue weighted by atomic mass is 79.9. The van der Waals surface area contributed by atoms with Gasteiger partial charge in [0.2, 0.25) is 11.0 Å². The third-order valence-electron chi connectivity index (χ3n) is 3.21. The first-order chi connectivity index (χ1) is 10.7. The molecule has 1 unspecified atom stereocenters. The molecule has 1 amide bonds. The highest BCUT2D eigenvalue weighted by Gasteiger charge is 2.23. The molecule has 1 aliphatic heterocycles. The number of benzene rings is 1. The fourth-order valence-corrected chi connectivity index (χ4v) is 4.62. The Bertz CT molecular complexity index is 664. The second kappa shape index (κ2) is 7.43. The van der Waals surface area contributed by atoms with Gasteiger partial charge in [-0.25, -0.2) is 0 Å². The van der Waals surface area contributed by atoms with E-state index in [-0.39, 0.29) is 11.2 Å². The Morgan fingerprint density at radius 2 is 2.27 bits per heavy atom. The smallest absolute Gasteiger partial charge is 0.233 e. The molecule has 1 aliphatic rings. The summed E-state index contributed by atoms with van der Waals surface area (Å²) in [5.74, 6) is 0.110. The van der Waals surface area contributed by atoms with Crippen molar-refractivity contribution in [3.05, 3.63) is 28.7 Å². The lowest BCUT2D eigenvalue weighted by Crippen LogP contribution is -2.30. The first-order valence-electron chi connectivity index (χ1n) is 7.01. The van der Waals surface area contributed by atoms with E-state index in [0.717, 1.165) is 45.4 Å². The molecule has 2 heterocycles. The molecule has 0 radical (unpaired) electrons. The van der Waals surface area contributed by atoms with Crippen LogP contribution in [0.25, 0.3) is 0 Å². The van der Waals surface area contributed by atoms with Crippen molar-refractivity contribution in [3.63, 3.8) is 0 Å². The molecule has 1 fully saturated rings. The van der Waals surface area contributed by atoms with E-state index in [0.29, 0.717) is 0 Å². The monoisotopic (exact) mass is 398 g/mol. The molecule has 2 N–H and O–H groups in total. The molecule has 116 valence electrons. The minimum atomic E-state index is -0.0610. The number of carbonyl (C=O) groups excluding carboxylic acids is 1. The quantitative estimate of drug-likeness (QED) is 0.819. The number of carbonyl (C=O) groups is 1. The van der Waals surface area contributed by atoms with Crippen molar-refractivity contribution in [1.29, 1.82) is 0 Å². The average Bonchev–Trinajstić information content (AvgIpc) is 2.82. The van der Waals surface area contributed by atoms with Crippen molar-refractivity contribution in [1.82, 2.24) is 15.5 Å². The molecule has 1 atom stereocenters. The summed E-state index contributed by atoms with van der Waals surface area (Å²) in [7, 11) is 0. The Kier molecular flexibility index (Phi) is 5.32. The molecule has 0 saturated carbocycles. The summed E-state index contributed by atoms with van der Waals surface area (Å²) in [5, 5.41) is 15.2. The van der Waals surface area contributed by atoms with Gasteiger partial charge >= 0.3 is 0 Å². The molecular formula is C14H15BrN4OS2. The predicted molar refractivity (Wildman–Crippen MR) is 93.8 cm³/mol. The topological polar surface area (TPSA) is 66.9 Å². The maximum Gasteiger partial charge on any atom is 0.233 e. The lowest BCUT2D eigenvalue weighted by Gasteiger charge is -2.09. The summed E-state index contributed by atoms with van der Waals surface area (Å²) in [6.07, 6.45) is 3.01. The van der Waals surface area contributed by atoms with Crippen molar-refractivity contribution in [2.45, 2.75) is 28.9 Å². The molecule has 3 rings (SSSR count). The number of amides is 1. The van der Waals surface area contributed by atoms with Gasteiger partial charge in [-0.3, -0.25) is 4.79 Å². The average molecular weight is 399 g/mol. The van der Waals surface area contributed by atoms with Crippen LogP contribution in [-0.4, -0.2) is 27.9 Å². The molecule has 0 spiro atoms. The van der Waals surface area contributed by atoms with Gasteiger partial charge in [-0.2, -0.15) is 0 Å². The van der Waals surface area contributed by atoms with Crippen LogP contribution in [-0.2, 0) is 4.79 Å². The lowest BCUT2D eigenvalue weighted by molar-refractivity contribution is -0.120. The van der Waals surface area contributed by atoms with Crippen LogP contribution < -0.4 is 10.6 Å². The molecule has 22 heavy (non-hydrogen) atoms. The first-order valence-corrected chi connectivity index (χ1v) is 9.50. The summed E-state index contributed by atoms with van der Waals surface area (Å²) >= 11 is 6.41. The summed E-state index contributed by atoms with van der Waals surface area (Å²) in [6.45, 7) is 0.779. The van der Waals surface area contributed by atoms with E-state index in [2.05, 4.69) is 36.8 Å². The maximum absolute atomic E-state index is 12.0. The summed E-state index contributed by atoms with van der Waals surface area (Å²) in [5.41, 5.74) is 0.953. The van der Waals surface area contributed by atoms with E-state index in [1.807, 2.05) is 24.3 Å². The number of thioether (sulfide) groups is 1. The Balaban J connectivity index is 1.64.